The molecule has 8 heteroatoms. The second kappa shape index (κ2) is 6.00. The quantitative estimate of drug-likeness (QED) is 0.859. The molecule has 2 saturated carbocycles. The molecule has 0 aliphatic heterocycles. The number of nitrogens with zero attached hydrogens (tertiary/aromatic N) is 3. The van der Waals surface area contributed by atoms with E-state index in [1.54, 1.807) is 6.33 Å². The molecule has 0 saturated heterocycles. The molecule has 24 heavy (non-hydrogen) atoms. The molecule has 0 bridgehead atoms. The van der Waals surface area contributed by atoms with Crippen molar-refractivity contribution in [1.29, 1.82) is 0 Å². The van der Waals surface area contributed by atoms with Crippen molar-refractivity contribution in [3.05, 3.63) is 18.6 Å². The Morgan fingerprint density at radius 1 is 1.17 bits per heavy atom. The number of sulfonamides is 1. The highest BCUT2D eigenvalue weighted by Crippen LogP contribution is 2.32. The highest BCUT2D eigenvalue weighted by atomic mass is 32.2. The monoisotopic (exact) mass is 349 g/mol. The molecule has 0 spiro atoms. The first-order valence-corrected chi connectivity index (χ1v) is 10.1. The predicted octanol–water partition coefficient (Wildman–Crippen LogP) is 1.79. The fourth-order valence-corrected chi connectivity index (χ4v) is 5.37. The van der Waals surface area contributed by atoms with Crippen molar-refractivity contribution in [3.63, 3.8) is 0 Å². The van der Waals surface area contributed by atoms with E-state index in [1.165, 1.54) is 0 Å². The van der Waals surface area contributed by atoms with Gasteiger partial charge in [-0.15, -0.1) is 0 Å². The van der Waals surface area contributed by atoms with Crippen LogP contribution in [0.1, 0.15) is 38.5 Å². The van der Waals surface area contributed by atoms with Gasteiger partial charge in [0, 0.05) is 25.3 Å². The molecule has 2 N–H and O–H groups in total. The van der Waals surface area contributed by atoms with Crippen LogP contribution in [-0.2, 0) is 10.0 Å². The summed E-state index contributed by atoms with van der Waals surface area (Å²) < 4.78 is 27.6. The van der Waals surface area contributed by atoms with Crippen LogP contribution in [0.25, 0.3) is 11.0 Å². The summed E-state index contributed by atoms with van der Waals surface area (Å²) in [6.07, 6.45) is 8.54. The SMILES string of the molecule is CN(c1ncnc2[nH]ccc12)C1CCC(S(=O)(=O)NC2CC2)CC1. The van der Waals surface area contributed by atoms with Gasteiger partial charge in [-0.2, -0.15) is 0 Å². The summed E-state index contributed by atoms with van der Waals surface area (Å²) in [5, 5.41) is 0.755. The maximum Gasteiger partial charge on any atom is 0.214 e. The minimum absolute atomic E-state index is 0.193. The minimum Gasteiger partial charge on any atom is -0.356 e. The van der Waals surface area contributed by atoms with Gasteiger partial charge in [0.2, 0.25) is 10.0 Å². The van der Waals surface area contributed by atoms with Crippen molar-refractivity contribution >= 4 is 26.9 Å². The Labute approximate surface area is 141 Å². The normalized spacial score (nSPS) is 25.0. The average Bonchev–Trinajstić information content (AvgIpc) is 3.25. The van der Waals surface area contributed by atoms with Crippen LogP contribution in [0.4, 0.5) is 5.82 Å². The number of H-pyrrole nitrogens is 1. The van der Waals surface area contributed by atoms with Gasteiger partial charge in [0.05, 0.1) is 10.6 Å². The van der Waals surface area contributed by atoms with Gasteiger partial charge in [-0.05, 0) is 44.6 Å². The number of aromatic nitrogens is 3. The van der Waals surface area contributed by atoms with Crippen LogP contribution in [0.15, 0.2) is 18.6 Å². The van der Waals surface area contributed by atoms with Crippen molar-refractivity contribution in [1.82, 2.24) is 19.7 Å². The van der Waals surface area contributed by atoms with Crippen molar-refractivity contribution < 1.29 is 8.42 Å². The Bertz CT molecular complexity index is 822. The molecule has 130 valence electrons. The lowest BCUT2D eigenvalue weighted by Crippen LogP contribution is -2.42. The first-order valence-electron chi connectivity index (χ1n) is 8.56. The van der Waals surface area contributed by atoms with E-state index < -0.39 is 10.0 Å². The Kier molecular flexibility index (Phi) is 3.96. The van der Waals surface area contributed by atoms with Crippen LogP contribution in [-0.4, -0.2) is 47.8 Å². The highest BCUT2D eigenvalue weighted by Gasteiger charge is 2.36. The molecule has 0 unspecified atom stereocenters. The lowest BCUT2D eigenvalue weighted by molar-refractivity contribution is 0.418. The molecule has 7 nitrogen and oxygen atoms in total. The molecular weight excluding hydrogens is 326 g/mol. The standard InChI is InChI=1S/C16H23N5O2S/c1-21(16-14-8-9-17-15(14)18-10-19-16)12-4-6-13(7-5-12)24(22,23)20-11-2-3-11/h8-13,20H,2-7H2,1H3,(H,17,18,19). The lowest BCUT2D eigenvalue weighted by atomic mass is 9.94. The second-order valence-corrected chi connectivity index (χ2v) is 8.91. The fourth-order valence-electron chi connectivity index (χ4n) is 3.59. The molecule has 2 aliphatic rings. The first-order chi connectivity index (χ1) is 11.5. The summed E-state index contributed by atoms with van der Waals surface area (Å²) in [6, 6.07) is 2.49. The Morgan fingerprint density at radius 2 is 1.92 bits per heavy atom. The molecule has 2 aromatic heterocycles. The molecule has 2 aromatic rings. The number of rotatable bonds is 5. The Hall–Kier alpha value is -1.67. The van der Waals surface area contributed by atoms with Crippen molar-refractivity contribution in [2.45, 2.75) is 55.9 Å². The topological polar surface area (TPSA) is 91.0 Å². The van der Waals surface area contributed by atoms with E-state index in [0.717, 1.165) is 42.5 Å². The van der Waals surface area contributed by atoms with Crippen LogP contribution < -0.4 is 9.62 Å². The van der Waals surface area contributed by atoms with E-state index >= 15 is 0 Å². The molecule has 0 atom stereocenters. The van der Waals surface area contributed by atoms with Gasteiger partial charge in [0.1, 0.15) is 17.8 Å². The van der Waals surface area contributed by atoms with E-state index in [-0.39, 0.29) is 11.3 Å². The molecule has 0 radical (unpaired) electrons. The maximum absolute atomic E-state index is 12.4. The minimum atomic E-state index is -3.16. The van der Waals surface area contributed by atoms with Gasteiger partial charge in [-0.3, -0.25) is 0 Å². The summed E-state index contributed by atoms with van der Waals surface area (Å²) in [5.74, 6) is 0.906. The smallest absolute Gasteiger partial charge is 0.214 e. The molecule has 4 rings (SSSR count). The third kappa shape index (κ3) is 3.00. The van der Waals surface area contributed by atoms with E-state index in [4.69, 9.17) is 0 Å². The van der Waals surface area contributed by atoms with Crippen LogP contribution in [0.2, 0.25) is 0 Å². The lowest BCUT2D eigenvalue weighted by Gasteiger charge is -2.35. The van der Waals surface area contributed by atoms with E-state index in [0.29, 0.717) is 18.9 Å². The zero-order valence-electron chi connectivity index (χ0n) is 13.8. The molecule has 2 fully saturated rings. The molecule has 2 heterocycles. The van der Waals surface area contributed by atoms with Gasteiger partial charge < -0.3 is 9.88 Å². The third-order valence-corrected chi connectivity index (χ3v) is 7.22. The van der Waals surface area contributed by atoms with Crippen molar-refractivity contribution in [2.75, 3.05) is 11.9 Å². The van der Waals surface area contributed by atoms with Gasteiger partial charge in [0.15, 0.2) is 0 Å². The molecular formula is C16H23N5O2S. The summed E-state index contributed by atoms with van der Waals surface area (Å²) in [5.41, 5.74) is 0.830. The van der Waals surface area contributed by atoms with Gasteiger partial charge in [0.25, 0.3) is 0 Å². The van der Waals surface area contributed by atoms with Crippen LogP contribution in [0.3, 0.4) is 0 Å². The number of fused-ring (bicyclic) bond motifs is 1. The fraction of sp³-hybridized carbons (Fsp3) is 0.625. The number of aromatic amines is 1. The van der Waals surface area contributed by atoms with Crippen molar-refractivity contribution in [3.8, 4) is 0 Å². The second-order valence-electron chi connectivity index (χ2n) is 6.92. The summed E-state index contributed by atoms with van der Waals surface area (Å²) in [4.78, 5) is 13.9. The van der Waals surface area contributed by atoms with Gasteiger partial charge >= 0.3 is 0 Å². The van der Waals surface area contributed by atoms with E-state index in [9.17, 15) is 8.42 Å². The average molecular weight is 349 g/mol. The largest absolute Gasteiger partial charge is 0.356 e. The number of hydrogen-bond acceptors (Lipinski definition) is 5. The van der Waals surface area contributed by atoms with Gasteiger partial charge in [-0.1, -0.05) is 0 Å². The molecule has 0 aromatic carbocycles. The zero-order chi connectivity index (χ0) is 16.7. The van der Waals surface area contributed by atoms with Crippen molar-refractivity contribution in [2.24, 2.45) is 0 Å². The zero-order valence-corrected chi connectivity index (χ0v) is 14.6. The number of nitrogens with one attached hydrogen (secondary N) is 2. The van der Waals surface area contributed by atoms with Gasteiger partial charge in [-0.25, -0.2) is 23.1 Å². The Balaban J connectivity index is 1.44. The van der Waals surface area contributed by atoms with E-state index in [1.807, 2.05) is 19.3 Å². The number of hydrogen-bond donors (Lipinski definition) is 2. The Morgan fingerprint density at radius 3 is 2.62 bits per heavy atom. The molecule has 0 amide bonds. The van der Waals surface area contributed by atoms with Crippen LogP contribution in [0.5, 0.6) is 0 Å². The van der Waals surface area contributed by atoms with E-state index in [2.05, 4.69) is 24.6 Å². The highest BCUT2D eigenvalue weighted by molar-refractivity contribution is 7.90. The summed E-state index contributed by atoms with van der Waals surface area (Å²) >= 11 is 0. The number of anilines is 1. The van der Waals surface area contributed by atoms with Crippen LogP contribution >= 0.6 is 0 Å². The van der Waals surface area contributed by atoms with Crippen LogP contribution in [0, 0.1) is 0 Å². The summed E-state index contributed by atoms with van der Waals surface area (Å²) in [6.45, 7) is 0. The maximum atomic E-state index is 12.4. The third-order valence-electron chi connectivity index (χ3n) is 5.21. The molecule has 2 aliphatic carbocycles. The first kappa shape index (κ1) is 15.8. The predicted molar refractivity (Wildman–Crippen MR) is 93.4 cm³/mol. The summed E-state index contributed by atoms with van der Waals surface area (Å²) in [7, 11) is -1.12.